The molecule has 0 aliphatic rings. The predicted molar refractivity (Wildman–Crippen MR) is 266 cm³/mol. The fourth-order valence-electron chi connectivity index (χ4n) is 5.61. The highest BCUT2D eigenvalue weighted by Crippen LogP contribution is 2.32. The Balaban J connectivity index is 0.000000496. The summed E-state index contributed by atoms with van der Waals surface area (Å²) >= 11 is 0. The molecule has 3 heterocycles. The summed E-state index contributed by atoms with van der Waals surface area (Å²) in [6.07, 6.45) is 14.0. The minimum atomic E-state index is 0.228. The Kier molecular flexibility index (Phi) is 40.9. The first-order chi connectivity index (χ1) is 33.9. The number of ether oxygens (including phenoxy) is 8. The Morgan fingerprint density at radius 2 is 1.14 bits per heavy atom. The summed E-state index contributed by atoms with van der Waals surface area (Å²) in [6, 6.07) is 7.16. The number of aromatic nitrogens is 5. The Bertz CT molecular complexity index is 1860. The molecule has 4 rings (SSSR count). The largest absolute Gasteiger partial charge is 0.508 e. The van der Waals surface area contributed by atoms with Gasteiger partial charge in [0.15, 0.2) is 5.65 Å². The molecule has 1 aromatic carbocycles. The van der Waals surface area contributed by atoms with Crippen LogP contribution in [0, 0.1) is 12.3 Å². The highest BCUT2D eigenvalue weighted by atomic mass is 16.6. The van der Waals surface area contributed by atoms with Crippen molar-refractivity contribution < 1.29 is 57.4 Å². The van der Waals surface area contributed by atoms with E-state index in [2.05, 4.69) is 36.8 Å². The van der Waals surface area contributed by atoms with E-state index in [9.17, 15) is 19.5 Å². The van der Waals surface area contributed by atoms with Gasteiger partial charge >= 0.3 is 0 Å². The van der Waals surface area contributed by atoms with Gasteiger partial charge in [-0.2, -0.15) is 5.10 Å². The van der Waals surface area contributed by atoms with Crippen LogP contribution in [0.1, 0.15) is 44.9 Å². The number of rotatable bonds is 39. The van der Waals surface area contributed by atoms with Gasteiger partial charge in [0, 0.05) is 56.2 Å². The molecular weight excluding hydrogens is 895 g/mol. The molecule has 0 unspecified atom stereocenters. The monoisotopic (exact) mass is 974 g/mol. The van der Waals surface area contributed by atoms with Gasteiger partial charge in [-0.25, -0.2) is 14.6 Å². The van der Waals surface area contributed by atoms with Crippen LogP contribution in [0.3, 0.4) is 0 Å². The zero-order valence-corrected chi connectivity index (χ0v) is 41.1. The first-order valence-electron chi connectivity index (χ1n) is 23.5. The first-order valence-corrected chi connectivity index (χ1v) is 23.5. The maximum atomic E-state index is 9.98. The van der Waals surface area contributed by atoms with Crippen LogP contribution in [0.15, 0.2) is 30.6 Å². The number of phenolic OH excluding ortho intramolecular Hbond substituents is 1. The van der Waals surface area contributed by atoms with E-state index in [0.717, 1.165) is 104 Å². The predicted octanol–water partition coefficient (Wildman–Crippen LogP) is 2.97. The van der Waals surface area contributed by atoms with Crippen LogP contribution >= 0.6 is 0 Å². The molecule has 3 aromatic heterocycles. The summed E-state index contributed by atoms with van der Waals surface area (Å²) in [4.78, 5) is 41.4. The minimum Gasteiger partial charge on any atom is -0.508 e. The molecular formula is C48H79N9O12. The number of likely N-dealkylation sites (N-methyl/N-ethyl adjacent to an activating group) is 2. The zero-order chi connectivity index (χ0) is 50.3. The van der Waals surface area contributed by atoms with Crippen LogP contribution in [-0.4, -0.2) is 195 Å². The molecule has 7 N–H and O–H groups in total. The van der Waals surface area contributed by atoms with Crippen LogP contribution in [-0.2, 0) is 58.8 Å². The summed E-state index contributed by atoms with van der Waals surface area (Å²) < 4.78 is 43.9. The third-order valence-electron chi connectivity index (χ3n) is 9.09. The molecule has 0 atom stereocenters. The van der Waals surface area contributed by atoms with Gasteiger partial charge in [-0.1, -0.05) is 0 Å². The molecule has 388 valence electrons. The highest BCUT2D eigenvalue weighted by molar-refractivity contribution is 6.00. The molecule has 21 nitrogen and oxygen atoms in total. The van der Waals surface area contributed by atoms with Gasteiger partial charge in [-0.05, 0) is 71.2 Å². The summed E-state index contributed by atoms with van der Waals surface area (Å²) in [5.74, 6) is 3.08. The van der Waals surface area contributed by atoms with E-state index in [0.29, 0.717) is 131 Å². The number of terminal acetylenes is 1. The van der Waals surface area contributed by atoms with Crippen molar-refractivity contribution in [2.45, 2.75) is 51.5 Å². The first kappa shape index (κ1) is 62.1. The van der Waals surface area contributed by atoms with Crippen LogP contribution in [0.25, 0.3) is 33.3 Å². The number of hydrogen-bond donors (Lipinski definition) is 6. The van der Waals surface area contributed by atoms with Crippen molar-refractivity contribution in [2.24, 2.45) is 0 Å². The smallest absolute Gasteiger partial charge is 0.164 e. The zero-order valence-electron chi connectivity index (χ0n) is 41.1. The van der Waals surface area contributed by atoms with Crippen LogP contribution in [0.2, 0.25) is 0 Å². The lowest BCUT2D eigenvalue weighted by molar-refractivity contribution is -0.109. The van der Waals surface area contributed by atoms with E-state index in [4.69, 9.17) is 55.2 Å². The van der Waals surface area contributed by atoms with E-state index >= 15 is 0 Å². The fraction of sp³-hybridized carbons (Fsp3) is 0.625. The lowest BCUT2D eigenvalue weighted by Gasteiger charge is -2.06. The van der Waals surface area contributed by atoms with E-state index in [1.807, 2.05) is 38.0 Å². The molecule has 0 amide bonds. The molecule has 69 heavy (non-hydrogen) atoms. The number of carbonyl (C=O) groups excluding carboxylic acids is 3. The molecule has 0 bridgehead atoms. The number of carbonyl (C=O) groups is 3. The second-order valence-corrected chi connectivity index (χ2v) is 14.6. The average molecular weight is 974 g/mol. The molecule has 0 spiro atoms. The summed E-state index contributed by atoms with van der Waals surface area (Å²) in [7, 11) is 5.72. The second-order valence-electron chi connectivity index (χ2n) is 14.6. The van der Waals surface area contributed by atoms with Gasteiger partial charge in [-0.3, -0.25) is 0 Å². The molecule has 0 fully saturated rings. The summed E-state index contributed by atoms with van der Waals surface area (Å²) in [5, 5.41) is 25.2. The van der Waals surface area contributed by atoms with E-state index < -0.39 is 0 Å². The van der Waals surface area contributed by atoms with E-state index in [1.54, 1.807) is 12.1 Å². The van der Waals surface area contributed by atoms with E-state index in [-0.39, 0.29) is 5.75 Å². The maximum Gasteiger partial charge on any atom is 0.164 e. The van der Waals surface area contributed by atoms with Gasteiger partial charge in [-0.15, -0.1) is 12.3 Å². The van der Waals surface area contributed by atoms with Gasteiger partial charge in [0.25, 0.3) is 0 Å². The number of nitrogens with one attached hydrogen (secondary N) is 4. The number of aryl methyl sites for hydroxylation is 1. The van der Waals surface area contributed by atoms with Crippen molar-refractivity contribution in [3.05, 3.63) is 30.6 Å². The second kappa shape index (κ2) is 45.5. The molecule has 0 saturated heterocycles. The Morgan fingerprint density at radius 3 is 1.62 bits per heavy atom. The lowest BCUT2D eigenvalue weighted by atomic mass is 10.2. The number of benzene rings is 1. The number of aromatic hydroxyl groups is 1. The molecule has 21 heteroatoms. The number of nitrogens with two attached hydrogens (primary N) is 1. The van der Waals surface area contributed by atoms with Crippen molar-refractivity contribution in [1.29, 1.82) is 0 Å². The molecule has 0 aliphatic heterocycles. The van der Waals surface area contributed by atoms with Crippen molar-refractivity contribution in [1.82, 2.24) is 40.7 Å². The van der Waals surface area contributed by atoms with Gasteiger partial charge in [0.2, 0.25) is 0 Å². The number of nitrogen functional groups attached to an aromatic ring is 1. The topological polar surface area (TPSA) is 267 Å². The lowest BCUT2D eigenvalue weighted by Crippen LogP contribution is -2.17. The number of hydrogen-bond acceptors (Lipinski definition) is 19. The number of phenols is 1. The van der Waals surface area contributed by atoms with Gasteiger partial charge in [0.1, 0.15) is 42.4 Å². The number of fused-ring (bicyclic) bond motifs is 2. The van der Waals surface area contributed by atoms with Crippen LogP contribution in [0.4, 0.5) is 5.82 Å². The Hall–Kier alpha value is -4.96. The van der Waals surface area contributed by atoms with Gasteiger partial charge in [0.05, 0.1) is 117 Å². The molecule has 0 radical (unpaired) electrons. The Morgan fingerprint density at radius 1 is 0.652 bits per heavy atom. The number of aldehydes is 3. The average Bonchev–Trinajstić information content (AvgIpc) is 3.96. The fourth-order valence-corrected chi connectivity index (χ4v) is 5.61. The number of anilines is 1. The number of H-pyrrole nitrogens is 1. The number of nitrogens with zero attached hydrogens (tertiary/aromatic N) is 4. The van der Waals surface area contributed by atoms with Gasteiger partial charge < -0.3 is 84.1 Å². The standard InChI is InChI=1S/C18H21N7O.2C12H25NO5.C6H8O/c1-20-6-2-3-7-25-18-15(17(19)21-10-22-18)16(24-25)14-9-11-8-12(26)4-5-13(11)23-14;2*1-13-3-6-16-8-10-18-12-11-17-9-7-15-5-2-4-14;1-2-3-4-5-6-7/h4-5,8-10,20,23,26H,2-3,6-7H2,1H3,(H2,19,21,22);2*4,13H,2-3,5-12H2,1H3;1,6H,3-5H2. The molecule has 0 aliphatic carbocycles. The van der Waals surface area contributed by atoms with Crippen LogP contribution in [0.5, 0.6) is 5.75 Å². The molecule has 0 saturated carbocycles. The third kappa shape index (κ3) is 31.7. The third-order valence-corrected chi connectivity index (χ3v) is 9.09. The SMILES string of the molecule is C#CCCCC=O.CNCCCCn1nc(-c2cc3cc(O)ccc3[nH]2)c2c(N)ncnc21.CNCCOCCOCCOCCOCCC=O.CNCCOCCOCCOCCOCCC=O. The number of unbranched alkanes of at least 4 members (excludes halogenated alkanes) is 3. The summed E-state index contributed by atoms with van der Waals surface area (Å²) in [5.41, 5.74) is 9.34. The number of aromatic amines is 1. The van der Waals surface area contributed by atoms with Crippen molar-refractivity contribution in [3.8, 4) is 29.5 Å². The quantitative estimate of drug-likeness (QED) is 0.0213. The normalized spacial score (nSPS) is 10.7. The highest BCUT2D eigenvalue weighted by Gasteiger charge is 2.18. The maximum absolute atomic E-state index is 9.98. The Labute approximate surface area is 407 Å². The minimum absolute atomic E-state index is 0.228. The van der Waals surface area contributed by atoms with Crippen molar-refractivity contribution in [3.63, 3.8) is 0 Å². The summed E-state index contributed by atoms with van der Waals surface area (Å²) in [6.45, 7) is 12.5. The van der Waals surface area contributed by atoms with E-state index in [1.165, 1.54) is 6.33 Å². The van der Waals surface area contributed by atoms with Crippen molar-refractivity contribution in [2.75, 3.05) is 152 Å². The van der Waals surface area contributed by atoms with Crippen molar-refractivity contribution >= 4 is 46.6 Å². The van der Waals surface area contributed by atoms with Crippen LogP contribution < -0.4 is 21.7 Å². The molecule has 4 aromatic rings.